The summed E-state index contributed by atoms with van der Waals surface area (Å²) in [6.45, 7) is 1.55. The molecule has 0 bridgehead atoms. The van der Waals surface area contributed by atoms with Gasteiger partial charge in [-0.1, -0.05) is 12.1 Å². The molecule has 0 radical (unpaired) electrons. The van der Waals surface area contributed by atoms with Crippen LogP contribution in [0.1, 0.15) is 12.8 Å². The van der Waals surface area contributed by atoms with Gasteiger partial charge in [-0.2, -0.15) is 0 Å². The van der Waals surface area contributed by atoms with Gasteiger partial charge in [0.1, 0.15) is 11.9 Å². The molecule has 0 spiro atoms. The van der Waals surface area contributed by atoms with E-state index in [1.807, 2.05) is 4.90 Å². The number of hydrogen-bond donors (Lipinski definition) is 1. The number of para-hydroxylation sites is 1. The Bertz CT molecular complexity index is 674. The van der Waals surface area contributed by atoms with E-state index in [9.17, 15) is 18.8 Å². The number of halogens is 1. The summed E-state index contributed by atoms with van der Waals surface area (Å²) in [5, 5.41) is 2.51. The summed E-state index contributed by atoms with van der Waals surface area (Å²) in [7, 11) is 0. The number of carbonyl (C=O) groups is 3. The molecule has 25 heavy (non-hydrogen) atoms. The lowest BCUT2D eigenvalue weighted by Crippen LogP contribution is -2.50. The van der Waals surface area contributed by atoms with Crippen molar-refractivity contribution in [2.45, 2.75) is 18.9 Å². The minimum Gasteiger partial charge on any atom is -0.454 e. The van der Waals surface area contributed by atoms with Crippen molar-refractivity contribution in [3.05, 3.63) is 30.1 Å². The van der Waals surface area contributed by atoms with E-state index >= 15 is 0 Å². The van der Waals surface area contributed by atoms with Gasteiger partial charge in [0.15, 0.2) is 6.61 Å². The summed E-state index contributed by atoms with van der Waals surface area (Å²) >= 11 is 0. The molecule has 0 unspecified atom stereocenters. The van der Waals surface area contributed by atoms with Crippen molar-refractivity contribution in [2.24, 2.45) is 0 Å². The molecule has 1 atom stereocenters. The van der Waals surface area contributed by atoms with Crippen molar-refractivity contribution in [2.75, 3.05) is 37.7 Å². The smallest absolute Gasteiger partial charge is 0.329 e. The molecule has 2 aliphatic rings. The van der Waals surface area contributed by atoms with Gasteiger partial charge in [0.05, 0.1) is 5.69 Å². The van der Waals surface area contributed by atoms with Gasteiger partial charge in [-0.25, -0.2) is 9.18 Å². The van der Waals surface area contributed by atoms with Gasteiger partial charge in [0.2, 0.25) is 5.91 Å². The first-order valence-electron chi connectivity index (χ1n) is 8.28. The third-order valence-corrected chi connectivity index (χ3v) is 4.44. The third kappa shape index (κ3) is 4.07. The first kappa shape index (κ1) is 17.2. The van der Waals surface area contributed by atoms with E-state index in [0.717, 1.165) is 0 Å². The Labute approximate surface area is 144 Å². The van der Waals surface area contributed by atoms with Crippen molar-refractivity contribution < 1.29 is 23.5 Å². The average molecular weight is 349 g/mol. The minimum absolute atomic E-state index is 0.183. The monoisotopic (exact) mass is 349 g/mol. The topological polar surface area (TPSA) is 79.0 Å². The fraction of sp³-hybridized carbons (Fsp3) is 0.471. The second-order valence-corrected chi connectivity index (χ2v) is 6.09. The molecule has 0 aromatic heterocycles. The zero-order valence-electron chi connectivity index (χ0n) is 13.7. The van der Waals surface area contributed by atoms with Gasteiger partial charge < -0.3 is 19.9 Å². The van der Waals surface area contributed by atoms with E-state index in [1.165, 1.54) is 6.07 Å². The highest BCUT2D eigenvalue weighted by atomic mass is 19.1. The molecule has 2 fully saturated rings. The van der Waals surface area contributed by atoms with Crippen molar-refractivity contribution in [3.63, 3.8) is 0 Å². The zero-order chi connectivity index (χ0) is 17.8. The highest BCUT2D eigenvalue weighted by Crippen LogP contribution is 2.20. The van der Waals surface area contributed by atoms with Crippen LogP contribution >= 0.6 is 0 Å². The Hall–Kier alpha value is -2.64. The zero-order valence-corrected chi connectivity index (χ0v) is 13.7. The highest BCUT2D eigenvalue weighted by molar-refractivity contribution is 5.89. The van der Waals surface area contributed by atoms with Crippen LogP contribution < -0.4 is 10.2 Å². The summed E-state index contributed by atoms with van der Waals surface area (Å²) in [6.07, 6.45) is 0.693. The Morgan fingerprint density at radius 2 is 1.92 bits per heavy atom. The summed E-state index contributed by atoms with van der Waals surface area (Å²) in [6, 6.07) is 5.88. The normalized spacial score (nSPS) is 20.4. The number of rotatable bonds is 4. The number of nitrogens with one attached hydrogen (secondary N) is 1. The number of nitrogens with zero attached hydrogens (tertiary/aromatic N) is 2. The molecule has 1 N–H and O–H groups in total. The van der Waals surface area contributed by atoms with Gasteiger partial charge in [0, 0.05) is 32.6 Å². The molecular weight excluding hydrogens is 329 g/mol. The fourth-order valence-corrected chi connectivity index (χ4v) is 3.02. The number of anilines is 1. The number of carbonyl (C=O) groups excluding carboxylic acids is 3. The molecule has 3 rings (SSSR count). The van der Waals surface area contributed by atoms with Crippen LogP contribution in [0.25, 0.3) is 0 Å². The van der Waals surface area contributed by atoms with Crippen molar-refractivity contribution in [1.29, 1.82) is 0 Å². The lowest BCUT2D eigenvalue weighted by Gasteiger charge is -2.36. The van der Waals surface area contributed by atoms with Gasteiger partial charge in [-0.15, -0.1) is 0 Å². The molecule has 1 aromatic carbocycles. The Morgan fingerprint density at radius 3 is 2.56 bits per heavy atom. The number of ether oxygens (including phenoxy) is 1. The summed E-state index contributed by atoms with van der Waals surface area (Å²) in [4.78, 5) is 38.5. The average Bonchev–Trinajstić information content (AvgIpc) is 3.06. The Kier molecular flexibility index (Phi) is 5.16. The predicted octanol–water partition coefficient (Wildman–Crippen LogP) is 0.296. The van der Waals surface area contributed by atoms with Crippen molar-refractivity contribution >= 4 is 23.5 Å². The Morgan fingerprint density at radius 1 is 1.20 bits per heavy atom. The first-order chi connectivity index (χ1) is 12.0. The number of esters is 1. The number of benzene rings is 1. The maximum absolute atomic E-state index is 13.8. The number of piperazine rings is 1. The summed E-state index contributed by atoms with van der Waals surface area (Å²) < 4.78 is 18.8. The lowest BCUT2D eigenvalue weighted by atomic mass is 10.2. The van der Waals surface area contributed by atoms with Crippen LogP contribution in [-0.4, -0.2) is 61.5 Å². The van der Waals surface area contributed by atoms with Crippen LogP contribution in [0, 0.1) is 5.82 Å². The van der Waals surface area contributed by atoms with Gasteiger partial charge in [-0.3, -0.25) is 9.59 Å². The van der Waals surface area contributed by atoms with E-state index < -0.39 is 12.0 Å². The van der Waals surface area contributed by atoms with Crippen LogP contribution in [-0.2, 0) is 19.1 Å². The van der Waals surface area contributed by atoms with E-state index in [4.69, 9.17) is 4.74 Å². The molecule has 2 amide bonds. The lowest BCUT2D eigenvalue weighted by molar-refractivity contribution is -0.153. The summed E-state index contributed by atoms with van der Waals surface area (Å²) in [5.41, 5.74) is 0.526. The SMILES string of the molecule is O=C1CC[C@@H](C(=O)OCC(=O)N2CCN(c3ccccc3F)CC2)N1. The van der Waals surface area contributed by atoms with Gasteiger partial charge >= 0.3 is 5.97 Å². The Balaban J connectivity index is 1.45. The van der Waals surface area contributed by atoms with Crippen LogP contribution in [0.3, 0.4) is 0 Å². The molecular formula is C17H20FN3O4. The second kappa shape index (κ2) is 7.50. The first-order valence-corrected chi connectivity index (χ1v) is 8.28. The molecule has 0 aliphatic carbocycles. The fourth-order valence-electron chi connectivity index (χ4n) is 3.02. The predicted molar refractivity (Wildman–Crippen MR) is 87.3 cm³/mol. The molecule has 1 aromatic rings. The number of amides is 2. The largest absolute Gasteiger partial charge is 0.454 e. The van der Waals surface area contributed by atoms with Crippen LogP contribution in [0.4, 0.5) is 10.1 Å². The third-order valence-electron chi connectivity index (χ3n) is 4.44. The second-order valence-electron chi connectivity index (χ2n) is 6.09. The summed E-state index contributed by atoms with van der Waals surface area (Å²) in [5.74, 6) is -1.33. The highest BCUT2D eigenvalue weighted by Gasteiger charge is 2.30. The molecule has 0 saturated carbocycles. The van der Waals surface area contributed by atoms with E-state index in [-0.39, 0.29) is 24.2 Å². The maximum atomic E-state index is 13.8. The molecule has 2 aliphatic heterocycles. The van der Waals surface area contributed by atoms with Crippen molar-refractivity contribution in [1.82, 2.24) is 10.2 Å². The van der Waals surface area contributed by atoms with E-state index in [2.05, 4.69) is 5.32 Å². The van der Waals surface area contributed by atoms with E-state index in [1.54, 1.807) is 23.1 Å². The molecule has 2 heterocycles. The minimum atomic E-state index is -0.654. The van der Waals surface area contributed by atoms with Crippen LogP contribution in [0.5, 0.6) is 0 Å². The van der Waals surface area contributed by atoms with E-state index in [0.29, 0.717) is 44.7 Å². The van der Waals surface area contributed by atoms with Gasteiger partial charge in [-0.05, 0) is 18.6 Å². The quantitative estimate of drug-likeness (QED) is 0.791. The number of hydrogen-bond acceptors (Lipinski definition) is 5. The standard InChI is InChI=1S/C17H20FN3O4/c18-12-3-1-2-4-14(12)20-7-9-21(10-8-20)16(23)11-25-17(24)13-5-6-15(22)19-13/h1-4,13H,5-11H2,(H,19,22)/t13-/m0/s1. The molecule has 2 saturated heterocycles. The molecule has 8 heteroatoms. The van der Waals surface area contributed by atoms with Crippen LogP contribution in [0.15, 0.2) is 24.3 Å². The van der Waals surface area contributed by atoms with Crippen molar-refractivity contribution in [3.8, 4) is 0 Å². The van der Waals surface area contributed by atoms with Crippen LogP contribution in [0.2, 0.25) is 0 Å². The molecule has 134 valence electrons. The van der Waals surface area contributed by atoms with Gasteiger partial charge in [0.25, 0.3) is 5.91 Å². The molecule has 7 nitrogen and oxygen atoms in total. The maximum Gasteiger partial charge on any atom is 0.329 e.